The summed E-state index contributed by atoms with van der Waals surface area (Å²) in [4.78, 5) is 13.1. The Kier molecular flexibility index (Phi) is 7.93. The van der Waals surface area contributed by atoms with E-state index >= 15 is 4.39 Å². The van der Waals surface area contributed by atoms with Crippen molar-refractivity contribution >= 4 is 54.7 Å². The Morgan fingerprint density at radius 1 is 1.30 bits per heavy atom. The number of nitrogen functional groups attached to an aromatic ring is 1. The highest BCUT2D eigenvalue weighted by Crippen LogP contribution is 2.51. The average molecular weight is 685 g/mol. The summed E-state index contributed by atoms with van der Waals surface area (Å²) in [5.74, 6) is -1.42. The molecule has 2 aromatic carbocycles. The lowest BCUT2D eigenvalue weighted by Crippen LogP contribution is -2.43. The third-order valence-electron chi connectivity index (χ3n) is 9.28. The minimum absolute atomic E-state index is 0.0119. The fourth-order valence-electron chi connectivity index (χ4n) is 7.15. The lowest BCUT2D eigenvalue weighted by molar-refractivity contribution is 0.108. The van der Waals surface area contributed by atoms with Crippen LogP contribution in [0.4, 0.5) is 28.4 Å². The van der Waals surface area contributed by atoms with E-state index in [2.05, 4.69) is 28.0 Å². The normalized spacial score (nSPS) is 20.9. The lowest BCUT2D eigenvalue weighted by atomic mass is 9.94. The number of anilines is 2. The van der Waals surface area contributed by atoms with Gasteiger partial charge in [-0.2, -0.15) is 15.2 Å². The van der Waals surface area contributed by atoms with Crippen LogP contribution in [-0.4, -0.2) is 65.7 Å². The van der Waals surface area contributed by atoms with Gasteiger partial charge in [-0.25, -0.2) is 17.6 Å². The van der Waals surface area contributed by atoms with E-state index in [0.29, 0.717) is 0 Å². The molecule has 2 N–H and O–H groups in total. The van der Waals surface area contributed by atoms with E-state index in [-0.39, 0.29) is 90.6 Å². The van der Waals surface area contributed by atoms with E-state index in [1.54, 1.807) is 4.90 Å². The van der Waals surface area contributed by atoms with Gasteiger partial charge in [0, 0.05) is 30.5 Å². The Morgan fingerprint density at radius 3 is 2.85 bits per heavy atom. The number of nitrogens with zero attached hydrogens (tertiary/aromatic N) is 5. The average Bonchev–Trinajstić information content (AvgIpc) is 3.65. The van der Waals surface area contributed by atoms with Crippen molar-refractivity contribution in [1.82, 2.24) is 14.9 Å². The fraction of sp³-hybridized carbons (Fsp3) is 0.364. The van der Waals surface area contributed by atoms with Gasteiger partial charge in [0.2, 0.25) is 6.43 Å². The molecule has 14 heteroatoms. The van der Waals surface area contributed by atoms with Gasteiger partial charge in [0.15, 0.2) is 11.6 Å². The second kappa shape index (κ2) is 11.8. The molecule has 0 spiro atoms. The van der Waals surface area contributed by atoms with Gasteiger partial charge in [-0.1, -0.05) is 35.9 Å². The van der Waals surface area contributed by atoms with Crippen LogP contribution >= 0.6 is 22.9 Å². The van der Waals surface area contributed by atoms with E-state index < -0.39 is 30.5 Å². The number of halogens is 5. The van der Waals surface area contributed by atoms with Crippen molar-refractivity contribution < 1.29 is 27.0 Å². The molecular weight excluding hydrogens is 656 g/mol. The number of thiophene rings is 1. The molecule has 2 saturated heterocycles. The van der Waals surface area contributed by atoms with Crippen molar-refractivity contribution in [3.8, 4) is 29.0 Å². The summed E-state index contributed by atoms with van der Waals surface area (Å²) in [6.07, 6.45) is 1.03. The summed E-state index contributed by atoms with van der Waals surface area (Å²) in [7, 11) is 0. The summed E-state index contributed by atoms with van der Waals surface area (Å²) < 4.78 is 71.6. The first-order valence-corrected chi connectivity index (χ1v) is 16.2. The highest BCUT2D eigenvalue weighted by atomic mass is 35.5. The molecule has 0 aliphatic carbocycles. The summed E-state index contributed by atoms with van der Waals surface area (Å²) in [6.45, 7) is 9.67. The molecule has 7 rings (SSSR count). The van der Waals surface area contributed by atoms with Gasteiger partial charge in [-0.3, -0.25) is 4.90 Å². The Hall–Kier alpha value is -4.12. The van der Waals surface area contributed by atoms with Crippen LogP contribution in [0.15, 0.2) is 36.9 Å². The fourth-order valence-corrected chi connectivity index (χ4v) is 8.44. The molecule has 8 nitrogen and oxygen atoms in total. The third-order valence-corrected chi connectivity index (χ3v) is 10.7. The summed E-state index contributed by atoms with van der Waals surface area (Å²) in [5.41, 5.74) is 6.53. The molecule has 47 heavy (non-hydrogen) atoms. The molecular formula is C33H29ClF4N6O2S. The number of ether oxygens (including phenoxy) is 2. The molecule has 0 unspecified atom stereocenters. The Bertz CT molecular complexity index is 2020. The first kappa shape index (κ1) is 31.5. The monoisotopic (exact) mass is 684 g/mol. The van der Waals surface area contributed by atoms with Crippen LogP contribution in [0.25, 0.3) is 32.1 Å². The van der Waals surface area contributed by atoms with Gasteiger partial charge in [-0.15, -0.1) is 17.9 Å². The number of aromatic nitrogens is 2. The van der Waals surface area contributed by atoms with E-state index in [9.17, 15) is 18.4 Å². The molecule has 2 atom stereocenters. The number of hydrogen-bond acceptors (Lipinski definition) is 9. The van der Waals surface area contributed by atoms with E-state index in [1.165, 1.54) is 12.1 Å². The maximum Gasteiger partial charge on any atom is 0.319 e. The second-order valence-corrected chi connectivity index (χ2v) is 13.5. The number of benzene rings is 2. The summed E-state index contributed by atoms with van der Waals surface area (Å²) in [5, 5.41) is 9.95. The molecule has 244 valence electrons. The van der Waals surface area contributed by atoms with Crippen LogP contribution in [0.3, 0.4) is 0 Å². The smallest absolute Gasteiger partial charge is 0.319 e. The predicted molar refractivity (Wildman–Crippen MR) is 175 cm³/mol. The van der Waals surface area contributed by atoms with Crippen LogP contribution in [-0.2, 0) is 0 Å². The third kappa shape index (κ3) is 5.05. The molecule has 0 bridgehead atoms. The Morgan fingerprint density at radius 2 is 2.11 bits per heavy atom. The van der Waals surface area contributed by atoms with Crippen molar-refractivity contribution in [3.05, 3.63) is 59.2 Å². The zero-order valence-corrected chi connectivity index (χ0v) is 26.7. The minimum Gasteiger partial charge on any atom is -0.489 e. The molecule has 0 amide bonds. The number of alkyl halides is 2. The highest BCUT2D eigenvalue weighted by molar-refractivity contribution is 7.23. The molecule has 3 aliphatic rings. The van der Waals surface area contributed by atoms with E-state index in [1.807, 2.05) is 6.07 Å². The number of nitriles is 1. The zero-order chi connectivity index (χ0) is 33.2. The lowest BCUT2D eigenvalue weighted by Gasteiger charge is -2.31. The molecule has 0 radical (unpaired) electrons. The van der Waals surface area contributed by atoms with Gasteiger partial charge < -0.3 is 20.1 Å². The topological polar surface area (TPSA) is 101 Å². The quantitative estimate of drug-likeness (QED) is 0.151. The van der Waals surface area contributed by atoms with Gasteiger partial charge >= 0.3 is 6.01 Å². The van der Waals surface area contributed by atoms with Crippen LogP contribution in [0, 0.1) is 23.0 Å². The predicted octanol–water partition coefficient (Wildman–Crippen LogP) is 7.48. The molecule has 2 aromatic heterocycles. The molecule has 5 heterocycles. The molecule has 4 aromatic rings. The van der Waals surface area contributed by atoms with Crippen LogP contribution in [0.2, 0.25) is 5.02 Å². The minimum atomic E-state index is -2.61. The van der Waals surface area contributed by atoms with Crippen molar-refractivity contribution in [2.45, 2.75) is 43.7 Å². The van der Waals surface area contributed by atoms with Crippen LogP contribution in [0.5, 0.6) is 11.8 Å². The van der Waals surface area contributed by atoms with E-state index in [0.717, 1.165) is 55.3 Å². The Balaban J connectivity index is 1.47. The Labute approximate surface area is 276 Å². The van der Waals surface area contributed by atoms with Crippen molar-refractivity contribution in [1.29, 1.82) is 5.26 Å². The SMILES string of the molecule is C=C[C@@H]1COc2c(Cl)c(-c3ccc(F)c4sc(N)c(C#N)c34)c(F)c3nc(OC[C@@]45CCCN4CC(=C)C5)nc(c23)N1CCC(F)F. The summed E-state index contributed by atoms with van der Waals surface area (Å²) in [6, 6.07) is 3.67. The maximum absolute atomic E-state index is 17.1. The second-order valence-electron chi connectivity index (χ2n) is 12.1. The van der Waals surface area contributed by atoms with Crippen molar-refractivity contribution in [3.63, 3.8) is 0 Å². The summed E-state index contributed by atoms with van der Waals surface area (Å²) >= 11 is 7.81. The highest BCUT2D eigenvalue weighted by Gasteiger charge is 2.46. The van der Waals surface area contributed by atoms with Gasteiger partial charge in [0.05, 0.1) is 32.3 Å². The van der Waals surface area contributed by atoms with Crippen LogP contribution in [0.1, 0.15) is 31.2 Å². The number of hydrogen-bond donors (Lipinski definition) is 1. The maximum atomic E-state index is 17.1. The van der Waals surface area contributed by atoms with Crippen molar-refractivity contribution in [2.24, 2.45) is 0 Å². The first-order chi connectivity index (χ1) is 22.6. The zero-order valence-electron chi connectivity index (χ0n) is 25.1. The number of nitrogens with two attached hydrogens (primary N) is 1. The van der Waals surface area contributed by atoms with Gasteiger partial charge in [-0.05, 0) is 37.4 Å². The van der Waals surface area contributed by atoms with Crippen molar-refractivity contribution in [2.75, 3.05) is 43.5 Å². The number of fused-ring (bicyclic) bond motifs is 2. The molecule has 0 saturated carbocycles. The standard InChI is InChI=1S/C33H29ClF4N6O2S/c1-3-17-14-45-28-24-27(26(38)23(25(28)34)18-5-6-20(35)29-22(18)19(12-39)30(40)47-29)41-32(42-31(24)44(17)10-7-21(36)37)46-15-33-8-4-9-43(33)13-16(2)11-33/h3,5-6,17,21H,1-2,4,7-11,13-15,40H2/t17-,33+/m1/s1. The largest absolute Gasteiger partial charge is 0.489 e. The van der Waals surface area contributed by atoms with Gasteiger partial charge in [0.1, 0.15) is 41.4 Å². The first-order valence-electron chi connectivity index (χ1n) is 15.0. The van der Waals surface area contributed by atoms with E-state index in [4.69, 9.17) is 26.8 Å². The molecule has 2 fully saturated rings. The van der Waals surface area contributed by atoms with Crippen LogP contribution < -0.4 is 20.1 Å². The molecule has 3 aliphatic heterocycles. The number of rotatable bonds is 8. The van der Waals surface area contributed by atoms with Gasteiger partial charge in [0.25, 0.3) is 0 Å².